The lowest BCUT2D eigenvalue weighted by atomic mass is 10.1. The molecule has 0 amide bonds. The van der Waals surface area contributed by atoms with Crippen molar-refractivity contribution in [3.63, 3.8) is 0 Å². The SMILES string of the molecule is CCCCCCCCCCCN=CCC(=O)O. The summed E-state index contributed by atoms with van der Waals surface area (Å²) in [6, 6.07) is 0. The molecule has 0 aliphatic heterocycles. The van der Waals surface area contributed by atoms with Crippen LogP contribution in [0.3, 0.4) is 0 Å². The molecule has 3 nitrogen and oxygen atoms in total. The van der Waals surface area contributed by atoms with Crippen LogP contribution in [-0.2, 0) is 4.79 Å². The van der Waals surface area contributed by atoms with Gasteiger partial charge in [0.25, 0.3) is 0 Å². The van der Waals surface area contributed by atoms with E-state index in [-0.39, 0.29) is 6.42 Å². The second-order valence-corrected chi connectivity index (χ2v) is 4.52. The highest BCUT2D eigenvalue weighted by Crippen LogP contribution is 2.09. The zero-order chi connectivity index (χ0) is 12.8. The Morgan fingerprint density at radius 1 is 1.00 bits per heavy atom. The number of aliphatic imine (C=N–C) groups is 1. The summed E-state index contributed by atoms with van der Waals surface area (Å²) in [5.41, 5.74) is 0. The number of nitrogens with zero attached hydrogens (tertiary/aromatic N) is 1. The van der Waals surface area contributed by atoms with Gasteiger partial charge >= 0.3 is 5.97 Å². The molecule has 0 unspecified atom stereocenters. The maximum Gasteiger partial charge on any atom is 0.308 e. The highest BCUT2D eigenvalue weighted by Gasteiger charge is 1.92. The van der Waals surface area contributed by atoms with E-state index in [4.69, 9.17) is 5.11 Å². The fourth-order valence-electron chi connectivity index (χ4n) is 1.75. The van der Waals surface area contributed by atoms with E-state index in [2.05, 4.69) is 11.9 Å². The molecule has 0 aliphatic carbocycles. The van der Waals surface area contributed by atoms with Gasteiger partial charge < -0.3 is 5.11 Å². The molecule has 0 bridgehead atoms. The van der Waals surface area contributed by atoms with Crippen molar-refractivity contribution < 1.29 is 9.90 Å². The summed E-state index contributed by atoms with van der Waals surface area (Å²) < 4.78 is 0. The van der Waals surface area contributed by atoms with E-state index in [1.807, 2.05) is 0 Å². The van der Waals surface area contributed by atoms with Gasteiger partial charge in [-0.1, -0.05) is 58.3 Å². The van der Waals surface area contributed by atoms with Crippen LogP contribution in [0.15, 0.2) is 4.99 Å². The Labute approximate surface area is 105 Å². The number of carboxylic acid groups (broad SMARTS) is 1. The third-order valence-electron chi connectivity index (χ3n) is 2.79. The highest BCUT2D eigenvalue weighted by atomic mass is 16.4. The first-order chi connectivity index (χ1) is 8.27. The standard InChI is InChI=1S/C14H27NO2/c1-2-3-4-5-6-7-8-9-10-12-15-13-11-14(16)17/h13H,2-12H2,1H3,(H,16,17). The van der Waals surface area contributed by atoms with Gasteiger partial charge in [0.1, 0.15) is 0 Å². The molecule has 1 N–H and O–H groups in total. The lowest BCUT2D eigenvalue weighted by molar-refractivity contribution is -0.135. The molecule has 0 saturated carbocycles. The predicted octanol–water partition coefficient (Wildman–Crippen LogP) is 4.06. The number of carbonyl (C=O) groups is 1. The summed E-state index contributed by atoms with van der Waals surface area (Å²) in [6.45, 7) is 3.02. The van der Waals surface area contributed by atoms with Crippen molar-refractivity contribution >= 4 is 12.2 Å². The van der Waals surface area contributed by atoms with E-state index >= 15 is 0 Å². The molecule has 0 aromatic rings. The van der Waals surface area contributed by atoms with Crippen molar-refractivity contribution in [1.29, 1.82) is 0 Å². The first kappa shape index (κ1) is 16.1. The van der Waals surface area contributed by atoms with E-state index in [0.29, 0.717) is 0 Å². The van der Waals surface area contributed by atoms with Crippen LogP contribution in [-0.4, -0.2) is 23.8 Å². The van der Waals surface area contributed by atoms with Gasteiger partial charge in [0.2, 0.25) is 0 Å². The minimum Gasteiger partial charge on any atom is -0.481 e. The van der Waals surface area contributed by atoms with Crippen LogP contribution >= 0.6 is 0 Å². The Hall–Kier alpha value is -0.860. The summed E-state index contributed by atoms with van der Waals surface area (Å²) in [6.07, 6.45) is 13.3. The van der Waals surface area contributed by atoms with Crippen LogP contribution in [0.25, 0.3) is 0 Å². The minimum atomic E-state index is -0.805. The summed E-state index contributed by atoms with van der Waals surface area (Å²) in [5, 5.41) is 8.38. The molecular weight excluding hydrogens is 214 g/mol. The van der Waals surface area contributed by atoms with Crippen molar-refractivity contribution in [3.8, 4) is 0 Å². The topological polar surface area (TPSA) is 49.7 Å². The summed E-state index contributed by atoms with van der Waals surface area (Å²) >= 11 is 0. The fraction of sp³-hybridized carbons (Fsp3) is 0.857. The zero-order valence-electron chi connectivity index (χ0n) is 11.2. The molecule has 0 aromatic carbocycles. The lowest BCUT2D eigenvalue weighted by Crippen LogP contribution is -1.94. The van der Waals surface area contributed by atoms with Crippen LogP contribution in [0.5, 0.6) is 0 Å². The van der Waals surface area contributed by atoms with E-state index < -0.39 is 5.97 Å². The van der Waals surface area contributed by atoms with Gasteiger partial charge in [0.15, 0.2) is 0 Å². The Morgan fingerprint density at radius 3 is 2.06 bits per heavy atom. The molecule has 0 fully saturated rings. The molecule has 0 rings (SSSR count). The molecule has 0 atom stereocenters. The zero-order valence-corrected chi connectivity index (χ0v) is 11.2. The highest BCUT2D eigenvalue weighted by molar-refractivity contribution is 5.84. The molecular formula is C14H27NO2. The number of hydrogen-bond donors (Lipinski definition) is 1. The van der Waals surface area contributed by atoms with E-state index in [0.717, 1.165) is 13.0 Å². The van der Waals surface area contributed by atoms with Crippen LogP contribution in [0.1, 0.15) is 71.1 Å². The average molecular weight is 241 g/mol. The quantitative estimate of drug-likeness (QED) is 0.414. The van der Waals surface area contributed by atoms with Crippen molar-refractivity contribution in [2.24, 2.45) is 4.99 Å². The molecule has 3 heteroatoms. The number of hydrogen-bond acceptors (Lipinski definition) is 2. The predicted molar refractivity (Wildman–Crippen MR) is 72.8 cm³/mol. The molecule has 0 radical (unpaired) electrons. The Bertz CT molecular complexity index is 202. The van der Waals surface area contributed by atoms with Gasteiger partial charge in [-0.05, 0) is 6.42 Å². The minimum absolute atomic E-state index is 0.0530. The molecule has 0 aliphatic rings. The van der Waals surface area contributed by atoms with Crippen molar-refractivity contribution in [2.45, 2.75) is 71.1 Å². The average Bonchev–Trinajstić information content (AvgIpc) is 2.30. The van der Waals surface area contributed by atoms with Crippen LogP contribution in [0.4, 0.5) is 0 Å². The maximum atomic E-state index is 10.2. The first-order valence-corrected chi connectivity index (χ1v) is 6.97. The molecule has 100 valence electrons. The lowest BCUT2D eigenvalue weighted by Gasteiger charge is -2.00. The van der Waals surface area contributed by atoms with Crippen molar-refractivity contribution in [3.05, 3.63) is 0 Å². The largest absolute Gasteiger partial charge is 0.481 e. The molecule has 0 heterocycles. The van der Waals surface area contributed by atoms with E-state index in [9.17, 15) is 4.79 Å². The third-order valence-corrected chi connectivity index (χ3v) is 2.79. The summed E-state index contributed by atoms with van der Waals surface area (Å²) in [4.78, 5) is 14.3. The van der Waals surface area contributed by atoms with Crippen LogP contribution < -0.4 is 0 Å². The second kappa shape index (κ2) is 13.2. The fourth-order valence-corrected chi connectivity index (χ4v) is 1.75. The Kier molecular flexibility index (Phi) is 12.5. The normalized spacial score (nSPS) is 11.1. The van der Waals surface area contributed by atoms with Crippen LogP contribution in [0.2, 0.25) is 0 Å². The first-order valence-electron chi connectivity index (χ1n) is 6.97. The van der Waals surface area contributed by atoms with Gasteiger partial charge in [-0.2, -0.15) is 0 Å². The van der Waals surface area contributed by atoms with Gasteiger partial charge in [-0.25, -0.2) is 0 Å². The number of rotatable bonds is 12. The van der Waals surface area contributed by atoms with Gasteiger partial charge in [0, 0.05) is 12.8 Å². The summed E-state index contributed by atoms with van der Waals surface area (Å²) in [7, 11) is 0. The maximum absolute atomic E-state index is 10.2. The van der Waals surface area contributed by atoms with Gasteiger partial charge in [0.05, 0.1) is 6.42 Å². The van der Waals surface area contributed by atoms with Gasteiger partial charge in [-0.15, -0.1) is 0 Å². The Morgan fingerprint density at radius 2 is 1.53 bits per heavy atom. The smallest absolute Gasteiger partial charge is 0.308 e. The monoisotopic (exact) mass is 241 g/mol. The van der Waals surface area contributed by atoms with Crippen LogP contribution in [0, 0.1) is 0 Å². The third kappa shape index (κ3) is 15.1. The van der Waals surface area contributed by atoms with E-state index in [1.54, 1.807) is 0 Å². The summed E-state index contributed by atoms with van der Waals surface area (Å²) in [5.74, 6) is -0.805. The van der Waals surface area contributed by atoms with Crippen molar-refractivity contribution in [2.75, 3.05) is 6.54 Å². The molecule has 0 aromatic heterocycles. The molecule has 17 heavy (non-hydrogen) atoms. The molecule has 0 saturated heterocycles. The Balaban J connectivity index is 3.03. The second-order valence-electron chi connectivity index (χ2n) is 4.52. The van der Waals surface area contributed by atoms with Gasteiger partial charge in [-0.3, -0.25) is 9.79 Å². The van der Waals surface area contributed by atoms with E-state index in [1.165, 1.54) is 57.6 Å². The van der Waals surface area contributed by atoms with Crippen molar-refractivity contribution in [1.82, 2.24) is 0 Å². The number of aliphatic carboxylic acids is 1. The number of carboxylic acids is 1. The molecule has 0 spiro atoms. The number of unbranched alkanes of at least 4 members (excludes halogenated alkanes) is 8.